The van der Waals surface area contributed by atoms with Gasteiger partial charge in [-0.05, 0) is 61.0 Å². The van der Waals surface area contributed by atoms with Crippen LogP contribution in [-0.4, -0.2) is 43.1 Å². The number of sulfonamides is 1. The van der Waals surface area contributed by atoms with Gasteiger partial charge in [0.2, 0.25) is 10.0 Å². The molecule has 0 bridgehead atoms. The van der Waals surface area contributed by atoms with Crippen LogP contribution in [0.1, 0.15) is 21.5 Å². The number of carbonyl (C=O) groups excluding carboxylic acids is 2. The number of hydrogen-bond acceptors (Lipinski definition) is 6. The van der Waals surface area contributed by atoms with E-state index in [4.69, 9.17) is 4.74 Å². The van der Waals surface area contributed by atoms with E-state index in [1.54, 1.807) is 48.8 Å². The van der Waals surface area contributed by atoms with Crippen molar-refractivity contribution in [2.24, 2.45) is 0 Å². The summed E-state index contributed by atoms with van der Waals surface area (Å²) in [4.78, 5) is 28.4. The van der Waals surface area contributed by atoms with Crippen LogP contribution in [0.15, 0.2) is 78.0 Å². The number of benzene rings is 2. The molecule has 9 nitrogen and oxygen atoms in total. The van der Waals surface area contributed by atoms with Crippen LogP contribution in [-0.2, 0) is 21.4 Å². The molecule has 10 heteroatoms. The summed E-state index contributed by atoms with van der Waals surface area (Å²) in [6, 6.07) is 16.4. The van der Waals surface area contributed by atoms with Gasteiger partial charge in [-0.15, -0.1) is 0 Å². The van der Waals surface area contributed by atoms with Crippen molar-refractivity contribution in [3.63, 3.8) is 0 Å². The van der Waals surface area contributed by atoms with Gasteiger partial charge in [-0.3, -0.25) is 25.4 Å². The Labute approximate surface area is 192 Å². The summed E-state index contributed by atoms with van der Waals surface area (Å²) in [5.41, 5.74) is 6.68. The zero-order valence-electron chi connectivity index (χ0n) is 18.2. The molecule has 3 aromatic rings. The molecule has 0 radical (unpaired) electrons. The fourth-order valence-corrected chi connectivity index (χ4v) is 3.89. The lowest BCUT2D eigenvalue weighted by Gasteiger charge is -2.17. The number of ether oxygens (including phenoxy) is 1. The van der Waals surface area contributed by atoms with Crippen molar-refractivity contribution < 1.29 is 22.7 Å². The molecule has 1 heterocycles. The molecule has 172 valence electrons. The number of aryl methyl sites for hydroxylation is 1. The van der Waals surface area contributed by atoms with Crippen LogP contribution < -0.4 is 15.6 Å². The highest BCUT2D eigenvalue weighted by atomic mass is 32.2. The molecule has 1 aromatic heterocycles. The Morgan fingerprint density at radius 2 is 1.58 bits per heavy atom. The van der Waals surface area contributed by atoms with Crippen LogP contribution in [0.3, 0.4) is 0 Å². The van der Waals surface area contributed by atoms with Gasteiger partial charge in [-0.25, -0.2) is 8.42 Å². The Bertz CT molecular complexity index is 1200. The lowest BCUT2D eigenvalue weighted by Crippen LogP contribution is -2.46. The molecule has 0 aliphatic heterocycles. The van der Waals surface area contributed by atoms with Gasteiger partial charge in [-0.1, -0.05) is 17.7 Å². The van der Waals surface area contributed by atoms with E-state index in [-0.39, 0.29) is 4.90 Å². The number of nitrogens with zero attached hydrogens (tertiary/aromatic N) is 2. The molecule has 0 fully saturated rings. The van der Waals surface area contributed by atoms with Crippen LogP contribution in [0.5, 0.6) is 5.75 Å². The Kier molecular flexibility index (Phi) is 7.75. The van der Waals surface area contributed by atoms with Crippen molar-refractivity contribution in [2.45, 2.75) is 18.4 Å². The Balaban J connectivity index is 1.48. The first-order valence-corrected chi connectivity index (χ1v) is 11.4. The van der Waals surface area contributed by atoms with Gasteiger partial charge in [0.1, 0.15) is 12.4 Å². The van der Waals surface area contributed by atoms with E-state index in [1.807, 2.05) is 19.1 Å². The third-order valence-corrected chi connectivity index (χ3v) is 6.50. The topological polar surface area (TPSA) is 118 Å². The molecular formula is C23H24N4O5S. The zero-order valence-corrected chi connectivity index (χ0v) is 19.0. The Hall–Kier alpha value is -3.76. The molecule has 3 rings (SSSR count). The highest BCUT2D eigenvalue weighted by Gasteiger charge is 2.23. The third kappa shape index (κ3) is 6.61. The van der Waals surface area contributed by atoms with E-state index < -0.39 is 28.4 Å². The van der Waals surface area contributed by atoms with Gasteiger partial charge in [0.15, 0.2) is 0 Å². The van der Waals surface area contributed by atoms with E-state index in [0.29, 0.717) is 17.9 Å². The van der Waals surface area contributed by atoms with Crippen molar-refractivity contribution in [3.8, 4) is 5.75 Å². The molecule has 0 unspecified atom stereocenters. The highest BCUT2D eigenvalue weighted by Crippen LogP contribution is 2.15. The number of aromatic nitrogens is 1. The predicted octanol–water partition coefficient (Wildman–Crippen LogP) is 2.05. The van der Waals surface area contributed by atoms with Gasteiger partial charge in [0.05, 0.1) is 11.4 Å². The normalized spacial score (nSPS) is 11.1. The first-order chi connectivity index (χ1) is 15.8. The molecule has 0 saturated heterocycles. The van der Waals surface area contributed by atoms with Gasteiger partial charge in [-0.2, -0.15) is 4.31 Å². The van der Waals surface area contributed by atoms with Crippen LogP contribution >= 0.6 is 0 Å². The second kappa shape index (κ2) is 10.7. The van der Waals surface area contributed by atoms with E-state index in [9.17, 15) is 18.0 Å². The monoisotopic (exact) mass is 468 g/mol. The first-order valence-electron chi connectivity index (χ1n) is 9.99. The number of likely N-dealkylation sites (N-methyl/N-ethyl adjacent to an activating group) is 1. The molecule has 0 aliphatic carbocycles. The summed E-state index contributed by atoms with van der Waals surface area (Å²) in [7, 11) is -2.54. The van der Waals surface area contributed by atoms with Gasteiger partial charge in [0.25, 0.3) is 11.8 Å². The Morgan fingerprint density at radius 1 is 0.939 bits per heavy atom. The quantitative estimate of drug-likeness (QED) is 0.489. The zero-order chi connectivity index (χ0) is 23.8. The summed E-state index contributed by atoms with van der Waals surface area (Å²) < 4.78 is 31.7. The van der Waals surface area contributed by atoms with Gasteiger partial charge < -0.3 is 4.74 Å². The number of amides is 2. The molecule has 2 N–H and O–H groups in total. The molecule has 0 aliphatic rings. The maximum Gasteiger partial charge on any atom is 0.269 e. The maximum absolute atomic E-state index is 12.6. The average Bonchev–Trinajstić information content (AvgIpc) is 2.82. The molecule has 0 saturated carbocycles. The molecule has 0 atom stereocenters. The van der Waals surface area contributed by atoms with Crippen molar-refractivity contribution in [3.05, 3.63) is 89.7 Å². The molecular weight excluding hydrogens is 444 g/mol. The van der Waals surface area contributed by atoms with Gasteiger partial charge in [0, 0.05) is 25.0 Å². The third-order valence-electron chi connectivity index (χ3n) is 4.68. The second-order valence-electron chi connectivity index (χ2n) is 7.24. The SMILES string of the molecule is Cc1ccc(S(=O)(=O)N(C)CC(=O)NNC(=O)c2ccc(OCc3ccncc3)cc2)cc1. The summed E-state index contributed by atoms with van der Waals surface area (Å²) in [6.07, 6.45) is 3.35. The molecule has 2 aromatic carbocycles. The summed E-state index contributed by atoms with van der Waals surface area (Å²) >= 11 is 0. The van der Waals surface area contributed by atoms with Crippen LogP contribution in [0.2, 0.25) is 0 Å². The molecule has 33 heavy (non-hydrogen) atoms. The standard InChI is InChI=1S/C23H24N4O5S/c1-17-3-9-21(10-4-17)33(30,31)27(2)15-22(28)25-26-23(29)19-5-7-20(8-6-19)32-16-18-11-13-24-14-12-18/h3-14H,15-16H2,1-2H3,(H,25,28)(H,26,29). The van der Waals surface area contributed by atoms with Crippen molar-refractivity contribution in [2.75, 3.05) is 13.6 Å². The van der Waals surface area contributed by atoms with E-state index in [1.165, 1.54) is 19.2 Å². The predicted molar refractivity (Wildman–Crippen MR) is 122 cm³/mol. The second-order valence-corrected chi connectivity index (χ2v) is 9.29. The number of hydrazine groups is 1. The number of carbonyl (C=O) groups is 2. The van der Waals surface area contributed by atoms with Crippen molar-refractivity contribution >= 4 is 21.8 Å². The minimum atomic E-state index is -3.83. The van der Waals surface area contributed by atoms with Gasteiger partial charge >= 0.3 is 0 Å². The van der Waals surface area contributed by atoms with Crippen molar-refractivity contribution in [1.29, 1.82) is 0 Å². The fraction of sp³-hybridized carbons (Fsp3) is 0.174. The lowest BCUT2D eigenvalue weighted by molar-refractivity contribution is -0.121. The van der Waals surface area contributed by atoms with E-state index >= 15 is 0 Å². The lowest BCUT2D eigenvalue weighted by atomic mass is 10.2. The number of pyridine rings is 1. The van der Waals surface area contributed by atoms with Crippen LogP contribution in [0, 0.1) is 6.92 Å². The number of nitrogens with one attached hydrogen (secondary N) is 2. The maximum atomic E-state index is 12.6. The smallest absolute Gasteiger partial charge is 0.269 e. The number of hydrogen-bond donors (Lipinski definition) is 2. The minimum absolute atomic E-state index is 0.0821. The first kappa shape index (κ1) is 23.9. The van der Waals surface area contributed by atoms with E-state index in [0.717, 1.165) is 15.4 Å². The van der Waals surface area contributed by atoms with Crippen LogP contribution in [0.25, 0.3) is 0 Å². The average molecular weight is 469 g/mol. The molecule has 2 amide bonds. The number of rotatable bonds is 8. The van der Waals surface area contributed by atoms with E-state index in [2.05, 4.69) is 15.8 Å². The van der Waals surface area contributed by atoms with Crippen molar-refractivity contribution in [1.82, 2.24) is 20.1 Å². The minimum Gasteiger partial charge on any atom is -0.489 e. The summed E-state index contributed by atoms with van der Waals surface area (Å²) in [5, 5.41) is 0. The Morgan fingerprint density at radius 3 is 2.21 bits per heavy atom. The largest absolute Gasteiger partial charge is 0.489 e. The van der Waals surface area contributed by atoms with Crippen LogP contribution in [0.4, 0.5) is 0 Å². The highest BCUT2D eigenvalue weighted by molar-refractivity contribution is 7.89. The summed E-state index contributed by atoms with van der Waals surface area (Å²) in [5.74, 6) is -0.651. The summed E-state index contributed by atoms with van der Waals surface area (Å²) in [6.45, 7) is 1.75. The molecule has 0 spiro atoms. The fourth-order valence-electron chi connectivity index (χ4n) is 2.76.